The molecule has 1 aromatic carbocycles. The van der Waals surface area contributed by atoms with E-state index < -0.39 is 0 Å². The SMILES string of the molecule is C[C@]12CC[C@@H]3c4ccc(O)cc4CC[C@H]3[C@@H]1CC(I)[C@H]2O. The van der Waals surface area contributed by atoms with E-state index >= 15 is 0 Å². The molecule has 2 fully saturated rings. The zero-order valence-electron chi connectivity index (χ0n) is 12.4. The second-order valence-corrected chi connectivity index (χ2v) is 9.14. The van der Waals surface area contributed by atoms with E-state index in [1.165, 1.54) is 30.4 Å². The summed E-state index contributed by atoms with van der Waals surface area (Å²) < 4.78 is 0.414. The van der Waals surface area contributed by atoms with Gasteiger partial charge in [-0.05, 0) is 78.5 Å². The van der Waals surface area contributed by atoms with E-state index in [0.29, 0.717) is 21.5 Å². The van der Waals surface area contributed by atoms with Crippen LogP contribution in [-0.4, -0.2) is 20.2 Å². The van der Waals surface area contributed by atoms with Crippen LogP contribution in [0, 0.1) is 17.3 Å². The lowest BCUT2D eigenvalue weighted by molar-refractivity contribution is -0.0208. The van der Waals surface area contributed by atoms with Crippen LogP contribution in [-0.2, 0) is 6.42 Å². The Morgan fingerprint density at radius 1 is 1.29 bits per heavy atom. The van der Waals surface area contributed by atoms with Crippen molar-refractivity contribution in [3.05, 3.63) is 29.3 Å². The number of benzene rings is 1. The van der Waals surface area contributed by atoms with Crippen LogP contribution in [0.2, 0.25) is 0 Å². The van der Waals surface area contributed by atoms with Gasteiger partial charge in [-0.1, -0.05) is 35.6 Å². The number of hydrogen-bond donors (Lipinski definition) is 2. The summed E-state index contributed by atoms with van der Waals surface area (Å²) in [6, 6.07) is 5.96. The Bertz CT molecular complexity index is 572. The van der Waals surface area contributed by atoms with Gasteiger partial charge in [0.15, 0.2) is 0 Å². The smallest absolute Gasteiger partial charge is 0.115 e. The molecule has 21 heavy (non-hydrogen) atoms. The molecule has 4 rings (SSSR count). The Hall–Kier alpha value is -0.290. The van der Waals surface area contributed by atoms with Crippen molar-refractivity contribution in [2.45, 2.75) is 55.0 Å². The van der Waals surface area contributed by atoms with Gasteiger partial charge in [-0.25, -0.2) is 0 Å². The summed E-state index contributed by atoms with van der Waals surface area (Å²) in [6.07, 6.45) is 5.67. The van der Waals surface area contributed by atoms with Gasteiger partial charge in [0.1, 0.15) is 5.75 Å². The highest BCUT2D eigenvalue weighted by Gasteiger charge is 2.57. The third-order valence-corrected chi connectivity index (χ3v) is 7.83. The molecular formula is C18H23IO2. The van der Waals surface area contributed by atoms with E-state index in [2.05, 4.69) is 35.6 Å². The molecule has 2 N–H and O–H groups in total. The molecule has 2 nitrogen and oxygen atoms in total. The predicted molar refractivity (Wildman–Crippen MR) is 91.9 cm³/mol. The van der Waals surface area contributed by atoms with Gasteiger partial charge in [-0.15, -0.1) is 0 Å². The summed E-state index contributed by atoms with van der Waals surface area (Å²) in [4.78, 5) is 0. The fourth-order valence-corrected chi connectivity index (χ4v) is 6.88. The Labute approximate surface area is 140 Å². The van der Waals surface area contributed by atoms with Gasteiger partial charge < -0.3 is 10.2 Å². The first-order valence-corrected chi connectivity index (χ1v) is 9.39. The molecule has 0 aliphatic heterocycles. The molecule has 0 amide bonds. The third kappa shape index (κ3) is 1.99. The molecule has 1 unspecified atom stereocenters. The van der Waals surface area contributed by atoms with Crippen LogP contribution >= 0.6 is 22.6 Å². The lowest BCUT2D eigenvalue weighted by atomic mass is 9.55. The second-order valence-electron chi connectivity index (χ2n) is 7.54. The van der Waals surface area contributed by atoms with Crippen molar-refractivity contribution in [1.82, 2.24) is 0 Å². The number of phenolic OH excluding ortho intramolecular Hbond substituents is 1. The molecule has 114 valence electrons. The molecule has 0 radical (unpaired) electrons. The van der Waals surface area contributed by atoms with E-state index in [0.717, 1.165) is 18.8 Å². The number of aliphatic hydroxyl groups is 1. The van der Waals surface area contributed by atoms with E-state index in [4.69, 9.17) is 0 Å². The molecular weight excluding hydrogens is 375 g/mol. The number of aromatic hydroxyl groups is 1. The van der Waals surface area contributed by atoms with Crippen molar-refractivity contribution in [3.63, 3.8) is 0 Å². The molecule has 0 bridgehead atoms. The highest BCUT2D eigenvalue weighted by atomic mass is 127. The summed E-state index contributed by atoms with van der Waals surface area (Å²) in [7, 11) is 0. The predicted octanol–water partition coefficient (Wildman–Crippen LogP) is 4.02. The number of rotatable bonds is 0. The van der Waals surface area contributed by atoms with Crippen molar-refractivity contribution in [1.29, 1.82) is 0 Å². The average Bonchev–Trinajstić information content (AvgIpc) is 2.70. The maximum absolute atomic E-state index is 10.6. The molecule has 2 saturated carbocycles. The molecule has 3 aliphatic rings. The Balaban J connectivity index is 1.71. The number of aryl methyl sites for hydroxylation is 1. The first-order valence-electron chi connectivity index (χ1n) is 8.14. The first kappa shape index (κ1) is 14.3. The molecule has 0 aromatic heterocycles. The Morgan fingerprint density at radius 2 is 2.10 bits per heavy atom. The van der Waals surface area contributed by atoms with Crippen LogP contribution in [0.15, 0.2) is 18.2 Å². The van der Waals surface area contributed by atoms with Crippen LogP contribution < -0.4 is 0 Å². The molecule has 0 saturated heterocycles. The van der Waals surface area contributed by atoms with Crippen molar-refractivity contribution in [2.75, 3.05) is 0 Å². The summed E-state index contributed by atoms with van der Waals surface area (Å²) >= 11 is 2.46. The van der Waals surface area contributed by atoms with Crippen LogP contribution in [0.5, 0.6) is 5.75 Å². The molecule has 1 aromatic rings. The highest BCUT2D eigenvalue weighted by Crippen LogP contribution is 2.62. The van der Waals surface area contributed by atoms with E-state index in [9.17, 15) is 10.2 Å². The quantitative estimate of drug-likeness (QED) is 0.512. The Morgan fingerprint density at radius 3 is 2.90 bits per heavy atom. The molecule has 0 heterocycles. The van der Waals surface area contributed by atoms with E-state index in [1.54, 1.807) is 0 Å². The van der Waals surface area contributed by atoms with Gasteiger partial charge in [0, 0.05) is 3.92 Å². The molecule has 3 heteroatoms. The minimum atomic E-state index is -0.134. The number of alkyl halides is 1. The molecule has 3 aliphatic carbocycles. The number of halogens is 1. The lowest BCUT2D eigenvalue weighted by Crippen LogP contribution is -2.44. The monoisotopic (exact) mass is 398 g/mol. The van der Waals surface area contributed by atoms with Crippen molar-refractivity contribution in [3.8, 4) is 5.75 Å². The standard InChI is InChI=1S/C18H23IO2/c1-18-7-6-13-12-5-3-11(20)8-10(12)2-4-14(13)15(18)9-16(19)17(18)21/h3,5,8,13-17,20-21H,2,4,6-7,9H2,1H3/t13-,14-,15+,16?,17-,18+/m1/s1. The number of fused-ring (bicyclic) bond motifs is 5. The summed E-state index contributed by atoms with van der Waals surface area (Å²) in [5.74, 6) is 2.42. The summed E-state index contributed by atoms with van der Waals surface area (Å²) in [5.41, 5.74) is 2.95. The normalized spacial score (nSPS) is 44.8. The minimum Gasteiger partial charge on any atom is -0.508 e. The largest absolute Gasteiger partial charge is 0.508 e. The fraction of sp³-hybridized carbons (Fsp3) is 0.667. The molecule has 6 atom stereocenters. The van der Waals surface area contributed by atoms with Crippen molar-refractivity contribution < 1.29 is 10.2 Å². The van der Waals surface area contributed by atoms with Crippen LogP contribution in [0.1, 0.15) is 49.7 Å². The van der Waals surface area contributed by atoms with Gasteiger partial charge in [0.05, 0.1) is 6.10 Å². The topological polar surface area (TPSA) is 40.5 Å². The zero-order chi connectivity index (χ0) is 14.8. The minimum absolute atomic E-state index is 0.126. The number of phenols is 1. The van der Waals surface area contributed by atoms with Crippen LogP contribution in [0.4, 0.5) is 0 Å². The Kier molecular flexibility index (Phi) is 3.31. The zero-order valence-corrected chi connectivity index (χ0v) is 14.6. The maximum atomic E-state index is 10.6. The number of aliphatic hydroxyl groups excluding tert-OH is 1. The van der Waals surface area contributed by atoms with E-state index in [-0.39, 0.29) is 11.5 Å². The van der Waals surface area contributed by atoms with Gasteiger partial charge in [0.25, 0.3) is 0 Å². The average molecular weight is 398 g/mol. The first-order chi connectivity index (χ1) is 10.0. The lowest BCUT2D eigenvalue weighted by Gasteiger charge is -2.50. The van der Waals surface area contributed by atoms with Crippen LogP contribution in [0.25, 0.3) is 0 Å². The van der Waals surface area contributed by atoms with Crippen molar-refractivity contribution >= 4 is 22.6 Å². The number of hydrogen-bond acceptors (Lipinski definition) is 2. The fourth-order valence-electron chi connectivity index (χ4n) is 5.51. The third-order valence-electron chi connectivity index (χ3n) is 6.65. The van der Waals surface area contributed by atoms with Gasteiger partial charge >= 0.3 is 0 Å². The summed E-state index contributed by atoms with van der Waals surface area (Å²) in [5, 5.41) is 20.3. The highest BCUT2D eigenvalue weighted by molar-refractivity contribution is 14.1. The van der Waals surface area contributed by atoms with Gasteiger partial charge in [-0.2, -0.15) is 0 Å². The van der Waals surface area contributed by atoms with Crippen molar-refractivity contribution in [2.24, 2.45) is 17.3 Å². The second kappa shape index (κ2) is 4.85. The molecule has 0 spiro atoms. The van der Waals surface area contributed by atoms with Gasteiger partial charge in [0.2, 0.25) is 0 Å². The van der Waals surface area contributed by atoms with E-state index in [1.807, 2.05) is 12.1 Å². The van der Waals surface area contributed by atoms with Crippen LogP contribution in [0.3, 0.4) is 0 Å². The maximum Gasteiger partial charge on any atom is 0.115 e. The summed E-state index contributed by atoms with van der Waals surface area (Å²) in [6.45, 7) is 2.32. The van der Waals surface area contributed by atoms with Gasteiger partial charge in [-0.3, -0.25) is 0 Å².